The predicted octanol–water partition coefficient (Wildman–Crippen LogP) is 17.2. The van der Waals surface area contributed by atoms with Crippen LogP contribution < -0.4 is 20.7 Å². The Morgan fingerprint density at radius 1 is 0.362 bits per heavy atom. The van der Waals surface area contributed by atoms with Gasteiger partial charge in [-0.15, -0.1) is 0 Å². The monoisotopic (exact) mass is 2040 g/mol. The first-order chi connectivity index (χ1) is 66.6. The van der Waals surface area contributed by atoms with Gasteiger partial charge in [0.25, 0.3) is 0 Å². The van der Waals surface area contributed by atoms with Gasteiger partial charge in [0.2, 0.25) is 15.9 Å². The normalized spacial score (nSPS) is 22.5. The summed E-state index contributed by atoms with van der Waals surface area (Å²) in [4.78, 5) is 62.7. The molecule has 10 saturated heterocycles. The summed E-state index contributed by atoms with van der Waals surface area (Å²) in [6.07, 6.45) is 30.4. The minimum absolute atomic E-state index is 0.0273. The topological polar surface area (TPSA) is 202 Å². The third-order valence-corrected chi connectivity index (χ3v) is 35.0. The van der Waals surface area contributed by atoms with Gasteiger partial charge in [-0.2, -0.15) is 0 Å². The Hall–Kier alpha value is -2.04. The second-order valence-corrected chi connectivity index (χ2v) is 50.7. The maximum absolute atomic E-state index is 11.5. The molecule has 0 aromatic carbocycles. The Kier molecular flexibility index (Phi) is 75.9. The molecule has 0 bridgehead atoms. The number of hydrogen-bond donors (Lipinski definition) is 4. The molecule has 28 heteroatoms. The van der Waals surface area contributed by atoms with Crippen LogP contribution in [-0.4, -0.2) is 459 Å². The van der Waals surface area contributed by atoms with Crippen molar-refractivity contribution in [1.29, 1.82) is 0 Å². The van der Waals surface area contributed by atoms with Gasteiger partial charge in [0.05, 0.1) is 18.1 Å². The summed E-state index contributed by atoms with van der Waals surface area (Å²) >= 11 is 0. The summed E-state index contributed by atoms with van der Waals surface area (Å²) in [6.45, 7) is 101. The number of piperidine rings is 6. The lowest BCUT2D eigenvalue weighted by Crippen LogP contribution is -2.56. The van der Waals surface area contributed by atoms with Crippen molar-refractivity contribution in [3.8, 4) is 0 Å². The van der Waals surface area contributed by atoms with Crippen molar-refractivity contribution < 1.29 is 26.4 Å². The van der Waals surface area contributed by atoms with E-state index in [1.165, 1.54) is 227 Å². The molecule has 3 unspecified atom stereocenters. The highest BCUT2D eigenvalue weighted by Crippen LogP contribution is 2.33. The number of unbranched alkanes of at least 4 members (excludes halogenated alkanes) is 2. The van der Waals surface area contributed by atoms with E-state index in [0.29, 0.717) is 67.1 Å². The van der Waals surface area contributed by atoms with Crippen LogP contribution in [-0.2, 0) is 24.7 Å². The van der Waals surface area contributed by atoms with Crippen molar-refractivity contribution in [2.75, 3.05) is 249 Å². The quantitative estimate of drug-likeness (QED) is 0.0454. The number of urea groups is 1. The number of nitrogens with zero attached hydrogens (tertiary/aromatic N) is 16. The van der Waals surface area contributed by atoms with Crippen molar-refractivity contribution in [2.24, 2.45) is 11.8 Å². The number of likely N-dealkylation sites (tertiary alicyclic amines) is 8. The number of hydrogen-bond acceptors (Lipinski definition) is 22. The van der Waals surface area contributed by atoms with E-state index in [-0.39, 0.29) is 29.5 Å². The first-order valence-electron chi connectivity index (χ1n) is 58.8. The molecule has 0 aliphatic carbocycles. The predicted molar refractivity (Wildman–Crippen MR) is 613 cm³/mol. The van der Waals surface area contributed by atoms with E-state index in [9.17, 15) is 26.4 Å². The summed E-state index contributed by atoms with van der Waals surface area (Å²) in [6, 6.07) is 11.3. The Labute approximate surface area is 877 Å². The minimum atomic E-state index is -3.03. The Morgan fingerprint density at radius 2 is 0.752 bits per heavy atom. The lowest BCUT2D eigenvalue weighted by Gasteiger charge is -2.45. The summed E-state index contributed by atoms with van der Waals surface area (Å²) in [5, 5.41) is 8.60. The molecule has 0 radical (unpaired) electrons. The standard InChI is InChI=1S/C14H29N.C13H28N2.2C12H26N2.2C11H23N3O.C11H24N2.C11H23NO2S.C10H22N2O2S.C8H18N2/c1-6-7-8-14-9-12(4)15(11(2)3)13(5)10-14;1-4-5-8-14-9-6-11-15(13(2)3)12-7-10-14;1-5-8-14-9-6-12(7-10-14)13(4)11(2)3;1-5-8-13(4)12-6-9-14(10-7-12)11(2)3;1-4-12-11(15)9-13-5-7-14(8-6-13)10(2)3;1-4-12-11(15)13-10-5-7-14(8-6-10)9(2)3;1-5-7-12(4)11-6-8-13(9-11)10(2)3;1-4-15(13,14)9-11-5-7-12(8-6-11)10(2)3;1-4-15(13,14)11-10-5-7-12(8-6-10)9(2)3;1-4-5-10(3)8-6-9(2)7-8/h11-14H,6-10H2,1-5H3;13H,4-12H2,1-3H3;2*11-12H,5-10H2,1-4H3;10H,4-9H2,1-3H3,(H,12,15);9-10H,4-8H2,1-3H3,(H2,12,13,15);10-11H,5-9H2,1-4H3;10-11H,4-9H2,1-3H3;9-11H,4-8H2,1-3H3;8H,4-7H2,1-3H3. The maximum Gasteiger partial charge on any atom is 0.314 e. The van der Waals surface area contributed by atoms with Crippen LogP contribution in [0.5, 0.6) is 0 Å². The van der Waals surface area contributed by atoms with Crippen LogP contribution in [0.4, 0.5) is 4.79 Å². The summed E-state index contributed by atoms with van der Waals surface area (Å²) in [5.74, 6) is 2.40. The van der Waals surface area contributed by atoms with E-state index < -0.39 is 19.9 Å². The summed E-state index contributed by atoms with van der Waals surface area (Å²) in [5.41, 5.74) is 0. The van der Waals surface area contributed by atoms with Crippen LogP contribution >= 0.6 is 0 Å². The first-order valence-corrected chi connectivity index (χ1v) is 62.3. The molecule has 10 rings (SSSR count). The molecule has 3 atom stereocenters. The molecule has 141 heavy (non-hydrogen) atoms. The van der Waals surface area contributed by atoms with Crippen LogP contribution in [0.2, 0.25) is 0 Å². The zero-order valence-electron chi connectivity index (χ0n) is 99.7. The fraction of sp³-hybridized carbons (Fsp3) is 0.982. The van der Waals surface area contributed by atoms with Gasteiger partial charge >= 0.3 is 6.03 Å². The number of likely N-dealkylation sites (N-methyl/N-ethyl adjacent to an activating group) is 4. The maximum atomic E-state index is 11.5. The van der Waals surface area contributed by atoms with Crippen LogP contribution in [0.25, 0.3) is 0 Å². The van der Waals surface area contributed by atoms with Gasteiger partial charge in [-0.25, -0.2) is 26.4 Å². The molecule has 26 nitrogen and oxygen atoms in total. The molecule has 0 aromatic rings. The number of nitrogens with one attached hydrogen (secondary N) is 4. The second kappa shape index (κ2) is 78.2. The second-order valence-electron chi connectivity index (χ2n) is 46.3. The molecule has 0 saturated carbocycles. The van der Waals surface area contributed by atoms with Gasteiger partial charge in [-0.05, 0) is 446 Å². The minimum Gasteiger partial charge on any atom is -0.355 e. The van der Waals surface area contributed by atoms with Crippen LogP contribution in [0, 0.1) is 11.8 Å². The molecule has 3 amide bonds. The van der Waals surface area contributed by atoms with Gasteiger partial charge in [-0.3, -0.25) is 24.4 Å². The largest absolute Gasteiger partial charge is 0.355 e. The Bertz CT molecular complexity index is 3070. The van der Waals surface area contributed by atoms with Crippen LogP contribution in [0.15, 0.2) is 0 Å². The first kappa shape index (κ1) is 137. The fourth-order valence-corrected chi connectivity index (χ4v) is 24.1. The van der Waals surface area contributed by atoms with E-state index >= 15 is 0 Å². The van der Waals surface area contributed by atoms with E-state index in [0.717, 1.165) is 171 Å². The Balaban J connectivity index is 0.000000784. The van der Waals surface area contributed by atoms with Gasteiger partial charge in [-0.1, -0.05) is 74.1 Å². The molecule has 10 fully saturated rings. The summed E-state index contributed by atoms with van der Waals surface area (Å²) < 4.78 is 48.4. The SMILES string of the molecule is CCCCC1CC(C)N(C(C)C)C(C)C1.CCCCN1CCCN(C(C)C)CCC1.CCCN(C)C1CCN(C(C)C)C1.CCCN(C)C1CCN(C(C)C)CC1.CCCN(C)C1CN(C)C1.CCCN1CCC(N(C)C(C)C)CC1.CCNC(=O)CN1CCN(C(C)C)CC1.CCNC(=O)NC1CCN(C(C)C)CC1.CCS(=O)(=O)CC1CCN(C(C)C)CC1.CCS(=O)(=O)NC1CCN(C(C)C)CC1. The number of rotatable bonds is 38. The lowest BCUT2D eigenvalue weighted by molar-refractivity contribution is -0.122. The molecule has 10 aliphatic rings. The summed E-state index contributed by atoms with van der Waals surface area (Å²) in [7, 11) is 5.41. The molecular weight excluding hydrogens is 1800 g/mol. The number of carbonyl (C=O) groups excluding carboxylic acids is 2. The van der Waals surface area contributed by atoms with Crippen molar-refractivity contribution in [2.45, 2.75) is 465 Å². The average molecular weight is 2040 g/mol. The van der Waals surface area contributed by atoms with Gasteiger partial charge in [0.15, 0.2) is 0 Å². The smallest absolute Gasteiger partial charge is 0.314 e. The number of sulfone groups is 1. The number of sulfonamides is 1. The third kappa shape index (κ3) is 60.7. The van der Waals surface area contributed by atoms with Crippen molar-refractivity contribution in [3.05, 3.63) is 0 Å². The number of carbonyl (C=O) groups is 2. The van der Waals surface area contributed by atoms with Gasteiger partial charge in [0, 0.05) is 187 Å². The van der Waals surface area contributed by atoms with E-state index in [1.54, 1.807) is 13.8 Å². The molecule has 0 spiro atoms. The molecule has 10 heterocycles. The Morgan fingerprint density at radius 3 is 1.14 bits per heavy atom. The lowest BCUT2D eigenvalue weighted by atomic mass is 9.83. The molecule has 0 aromatic heterocycles. The van der Waals surface area contributed by atoms with Crippen molar-refractivity contribution in [3.63, 3.8) is 0 Å². The highest BCUT2D eigenvalue weighted by atomic mass is 32.2. The molecular formula is C113H242N20O6S2. The number of amides is 3. The zero-order valence-corrected chi connectivity index (χ0v) is 101. The highest BCUT2D eigenvalue weighted by molar-refractivity contribution is 7.91. The van der Waals surface area contributed by atoms with E-state index in [1.807, 2.05) is 13.8 Å². The third-order valence-electron chi connectivity index (χ3n) is 31.7. The van der Waals surface area contributed by atoms with Gasteiger partial charge < -0.3 is 74.7 Å². The molecule has 842 valence electrons. The average Bonchev–Trinajstić information content (AvgIpc) is 1.01. The fourth-order valence-electron chi connectivity index (χ4n) is 21.9. The molecule has 10 aliphatic heterocycles. The van der Waals surface area contributed by atoms with Crippen molar-refractivity contribution in [1.82, 2.24) is 99.1 Å². The molecule has 4 N–H and O–H groups in total. The zero-order chi connectivity index (χ0) is 106. The van der Waals surface area contributed by atoms with Crippen LogP contribution in [0.1, 0.15) is 362 Å². The van der Waals surface area contributed by atoms with Crippen LogP contribution in [0.3, 0.4) is 0 Å². The highest BCUT2D eigenvalue weighted by Gasteiger charge is 2.35. The van der Waals surface area contributed by atoms with E-state index in [2.05, 4.69) is 314 Å². The van der Waals surface area contributed by atoms with Crippen molar-refractivity contribution >= 4 is 31.8 Å². The number of piperazine rings is 1. The van der Waals surface area contributed by atoms with E-state index in [4.69, 9.17) is 0 Å². The van der Waals surface area contributed by atoms with Gasteiger partial charge in [0.1, 0.15) is 9.84 Å².